The van der Waals surface area contributed by atoms with Gasteiger partial charge >= 0.3 is 0 Å². The highest BCUT2D eigenvalue weighted by Gasteiger charge is 2.11. The Labute approximate surface area is 104 Å². The van der Waals surface area contributed by atoms with Gasteiger partial charge in [-0.25, -0.2) is 0 Å². The van der Waals surface area contributed by atoms with Crippen LogP contribution in [0.15, 0.2) is 24.3 Å². The fourth-order valence-electron chi connectivity index (χ4n) is 2.51. The van der Waals surface area contributed by atoms with Crippen molar-refractivity contribution in [3.8, 4) is 0 Å². The van der Waals surface area contributed by atoms with Crippen molar-refractivity contribution in [1.82, 2.24) is 9.88 Å². The van der Waals surface area contributed by atoms with E-state index < -0.39 is 0 Å². The molecule has 1 heterocycles. The van der Waals surface area contributed by atoms with Crippen LogP contribution in [0.3, 0.4) is 0 Å². The van der Waals surface area contributed by atoms with Crippen LogP contribution in [0.5, 0.6) is 0 Å². The molecule has 0 saturated carbocycles. The maximum Gasteiger partial charge on any atom is 0.0487 e. The number of nitrogens with one attached hydrogen (secondary N) is 1. The van der Waals surface area contributed by atoms with E-state index in [1.54, 1.807) is 0 Å². The van der Waals surface area contributed by atoms with E-state index in [1.807, 2.05) is 7.05 Å². The first kappa shape index (κ1) is 12.2. The molecule has 0 fully saturated rings. The van der Waals surface area contributed by atoms with Gasteiger partial charge in [-0.2, -0.15) is 0 Å². The maximum absolute atomic E-state index is 3.23. The maximum atomic E-state index is 3.23. The van der Waals surface area contributed by atoms with Gasteiger partial charge in [-0.15, -0.1) is 0 Å². The number of aromatic nitrogens is 1. The number of hydrogen-bond acceptors (Lipinski definition) is 1. The van der Waals surface area contributed by atoms with Gasteiger partial charge in [0, 0.05) is 35.6 Å². The van der Waals surface area contributed by atoms with Crippen LogP contribution in [-0.2, 0) is 6.42 Å². The highest BCUT2D eigenvalue weighted by atomic mass is 15.0. The molecule has 0 aliphatic heterocycles. The third kappa shape index (κ3) is 2.22. The Morgan fingerprint density at radius 1 is 1.29 bits per heavy atom. The Balaban J connectivity index is 2.58. The summed E-state index contributed by atoms with van der Waals surface area (Å²) in [6.45, 7) is 7.73. The molecule has 92 valence electrons. The Bertz CT molecular complexity index is 509. The molecule has 1 aromatic carbocycles. The van der Waals surface area contributed by atoms with Gasteiger partial charge in [-0.3, -0.25) is 0 Å². The number of likely N-dealkylation sites (N-methyl/N-ethyl adjacent to an activating group) is 1. The summed E-state index contributed by atoms with van der Waals surface area (Å²) in [6, 6.07) is 9.43. The van der Waals surface area contributed by atoms with Crippen molar-refractivity contribution in [2.75, 3.05) is 13.6 Å². The van der Waals surface area contributed by atoms with Crippen LogP contribution in [0.2, 0.25) is 0 Å². The monoisotopic (exact) mass is 230 g/mol. The van der Waals surface area contributed by atoms with Gasteiger partial charge in [-0.05, 0) is 45.5 Å². The van der Waals surface area contributed by atoms with Crippen LogP contribution in [-0.4, -0.2) is 18.2 Å². The first-order valence-corrected chi connectivity index (χ1v) is 6.39. The molecule has 1 N–H and O–H groups in total. The lowest BCUT2D eigenvalue weighted by Gasteiger charge is -2.14. The summed E-state index contributed by atoms with van der Waals surface area (Å²) in [5.41, 5.74) is 4.16. The fraction of sp³-hybridized carbons (Fsp3) is 0.467. The van der Waals surface area contributed by atoms with Crippen LogP contribution in [0.25, 0.3) is 10.9 Å². The van der Waals surface area contributed by atoms with Gasteiger partial charge < -0.3 is 9.88 Å². The van der Waals surface area contributed by atoms with Crippen molar-refractivity contribution in [1.29, 1.82) is 0 Å². The lowest BCUT2D eigenvalue weighted by Crippen LogP contribution is -2.14. The van der Waals surface area contributed by atoms with E-state index in [0.717, 1.165) is 13.0 Å². The Morgan fingerprint density at radius 3 is 2.71 bits per heavy atom. The van der Waals surface area contributed by atoms with E-state index in [4.69, 9.17) is 0 Å². The quantitative estimate of drug-likeness (QED) is 0.853. The van der Waals surface area contributed by atoms with E-state index >= 15 is 0 Å². The summed E-state index contributed by atoms with van der Waals surface area (Å²) < 4.78 is 2.46. The largest absolute Gasteiger partial charge is 0.342 e. The molecular formula is C15H22N2. The average Bonchev–Trinajstić information content (AvgIpc) is 2.66. The van der Waals surface area contributed by atoms with Crippen molar-refractivity contribution in [3.63, 3.8) is 0 Å². The normalized spacial score (nSPS) is 11.6. The van der Waals surface area contributed by atoms with Crippen LogP contribution < -0.4 is 5.32 Å². The minimum Gasteiger partial charge on any atom is -0.342 e. The van der Waals surface area contributed by atoms with Crippen LogP contribution in [0, 0.1) is 6.92 Å². The van der Waals surface area contributed by atoms with Crippen LogP contribution in [0.4, 0.5) is 0 Å². The third-order valence-electron chi connectivity index (χ3n) is 3.33. The highest BCUT2D eigenvalue weighted by Crippen LogP contribution is 2.26. The predicted octanol–water partition coefficient (Wildman–Crippen LogP) is 3.29. The molecule has 2 rings (SSSR count). The topological polar surface area (TPSA) is 17.0 Å². The smallest absolute Gasteiger partial charge is 0.0487 e. The molecule has 0 aliphatic rings. The standard InChI is InChI=1S/C15H22N2/c1-11(2)17-13(8-9-16-4)10-14-12(3)6-5-7-15(14)17/h5-7,10-11,16H,8-9H2,1-4H3. The number of aryl methyl sites for hydroxylation is 1. The number of fused-ring (bicyclic) bond motifs is 1. The second kappa shape index (κ2) is 4.92. The zero-order valence-corrected chi connectivity index (χ0v) is 11.2. The van der Waals surface area contributed by atoms with Crippen molar-refractivity contribution >= 4 is 10.9 Å². The molecule has 0 amide bonds. The van der Waals surface area contributed by atoms with Crippen LogP contribution >= 0.6 is 0 Å². The van der Waals surface area contributed by atoms with Gasteiger partial charge in [0.1, 0.15) is 0 Å². The van der Waals surface area contributed by atoms with Gasteiger partial charge in [0.2, 0.25) is 0 Å². The molecule has 0 spiro atoms. The summed E-state index contributed by atoms with van der Waals surface area (Å²) in [4.78, 5) is 0. The van der Waals surface area contributed by atoms with E-state index in [9.17, 15) is 0 Å². The number of rotatable bonds is 4. The predicted molar refractivity (Wildman–Crippen MR) is 74.7 cm³/mol. The summed E-state index contributed by atoms with van der Waals surface area (Å²) in [5.74, 6) is 0. The zero-order valence-electron chi connectivity index (χ0n) is 11.2. The van der Waals surface area contributed by atoms with E-state index in [-0.39, 0.29) is 0 Å². The van der Waals surface area contributed by atoms with Crippen molar-refractivity contribution in [2.45, 2.75) is 33.2 Å². The second-order valence-electron chi connectivity index (χ2n) is 4.96. The zero-order chi connectivity index (χ0) is 12.4. The molecule has 0 radical (unpaired) electrons. The minimum absolute atomic E-state index is 0.515. The summed E-state index contributed by atoms with van der Waals surface area (Å²) in [5, 5.41) is 4.62. The molecule has 1 aromatic heterocycles. The van der Waals surface area contributed by atoms with Gasteiger partial charge in [0.25, 0.3) is 0 Å². The molecule has 2 aromatic rings. The second-order valence-corrected chi connectivity index (χ2v) is 4.96. The SMILES string of the molecule is CNCCc1cc2c(C)cccc2n1C(C)C. The van der Waals surface area contributed by atoms with Crippen molar-refractivity contribution < 1.29 is 0 Å². The molecule has 2 nitrogen and oxygen atoms in total. The van der Waals surface area contributed by atoms with Gasteiger partial charge in [0.15, 0.2) is 0 Å². The first-order valence-electron chi connectivity index (χ1n) is 6.39. The first-order chi connectivity index (χ1) is 8.15. The molecular weight excluding hydrogens is 208 g/mol. The lowest BCUT2D eigenvalue weighted by atomic mass is 10.1. The molecule has 0 saturated heterocycles. The summed E-state index contributed by atoms with van der Waals surface area (Å²) in [7, 11) is 2.01. The fourth-order valence-corrected chi connectivity index (χ4v) is 2.51. The Kier molecular flexibility index (Phi) is 3.53. The third-order valence-corrected chi connectivity index (χ3v) is 3.33. The van der Waals surface area contributed by atoms with E-state index in [1.165, 1.54) is 22.2 Å². The molecule has 0 aliphatic carbocycles. The van der Waals surface area contributed by atoms with Gasteiger partial charge in [-0.1, -0.05) is 12.1 Å². The molecule has 0 unspecified atom stereocenters. The van der Waals surface area contributed by atoms with Crippen molar-refractivity contribution in [3.05, 3.63) is 35.5 Å². The number of benzene rings is 1. The van der Waals surface area contributed by atoms with Crippen molar-refractivity contribution in [2.24, 2.45) is 0 Å². The number of hydrogen-bond donors (Lipinski definition) is 1. The minimum atomic E-state index is 0.515. The average molecular weight is 230 g/mol. The van der Waals surface area contributed by atoms with Crippen LogP contribution in [0.1, 0.15) is 31.1 Å². The summed E-state index contributed by atoms with van der Waals surface area (Å²) in [6.07, 6.45) is 1.09. The number of nitrogens with zero attached hydrogens (tertiary/aromatic N) is 1. The van der Waals surface area contributed by atoms with Gasteiger partial charge in [0.05, 0.1) is 0 Å². The molecule has 2 heteroatoms. The lowest BCUT2D eigenvalue weighted by molar-refractivity contribution is 0.587. The molecule has 17 heavy (non-hydrogen) atoms. The van der Waals surface area contributed by atoms with E-state index in [2.05, 4.69) is 54.9 Å². The Hall–Kier alpha value is -1.28. The molecule has 0 atom stereocenters. The molecule has 0 bridgehead atoms. The Morgan fingerprint density at radius 2 is 2.06 bits per heavy atom. The highest BCUT2D eigenvalue weighted by molar-refractivity contribution is 5.84. The van der Waals surface area contributed by atoms with E-state index in [0.29, 0.717) is 6.04 Å². The summed E-state index contributed by atoms with van der Waals surface area (Å²) >= 11 is 0.